The number of sulfonamides is 1. The van der Waals surface area contributed by atoms with Gasteiger partial charge >= 0.3 is 0 Å². The number of carbonyl (C=O) groups is 1. The maximum absolute atomic E-state index is 13.2. The molecule has 0 saturated carbocycles. The Labute approximate surface area is 190 Å². The summed E-state index contributed by atoms with van der Waals surface area (Å²) >= 11 is 1.62. The topological polar surface area (TPSA) is 75.7 Å². The molecule has 1 aliphatic heterocycles. The summed E-state index contributed by atoms with van der Waals surface area (Å²) in [5, 5.41) is 4.84. The molecule has 1 saturated heterocycles. The van der Waals surface area contributed by atoms with Gasteiger partial charge in [-0.25, -0.2) is 12.8 Å². The average Bonchev–Trinajstić information content (AvgIpc) is 3.49. The van der Waals surface area contributed by atoms with Crippen LogP contribution >= 0.6 is 11.3 Å². The van der Waals surface area contributed by atoms with Gasteiger partial charge in [-0.1, -0.05) is 18.2 Å². The summed E-state index contributed by atoms with van der Waals surface area (Å²) < 4.78 is 46.1. The van der Waals surface area contributed by atoms with Crippen molar-refractivity contribution in [2.75, 3.05) is 6.54 Å². The van der Waals surface area contributed by atoms with Crippen molar-refractivity contribution in [1.82, 2.24) is 9.62 Å². The number of halogens is 1. The van der Waals surface area contributed by atoms with Crippen molar-refractivity contribution in [2.24, 2.45) is 0 Å². The number of rotatable bonds is 8. The predicted molar refractivity (Wildman–Crippen MR) is 120 cm³/mol. The highest BCUT2D eigenvalue weighted by molar-refractivity contribution is 7.89. The quantitative estimate of drug-likeness (QED) is 0.537. The Morgan fingerprint density at radius 1 is 1.16 bits per heavy atom. The van der Waals surface area contributed by atoms with Gasteiger partial charge in [0.05, 0.1) is 4.90 Å². The molecule has 32 heavy (non-hydrogen) atoms. The third kappa shape index (κ3) is 5.17. The van der Waals surface area contributed by atoms with Crippen LogP contribution in [0.2, 0.25) is 0 Å². The van der Waals surface area contributed by atoms with Gasteiger partial charge in [-0.2, -0.15) is 4.31 Å². The van der Waals surface area contributed by atoms with E-state index in [-0.39, 0.29) is 23.9 Å². The standard InChI is InChI=1S/C23H23FN2O4S2/c24-18-8-10-21(11-9-18)32(28,29)26-12-2-7-22(26)23(27)25-15-17-4-1-5-19(14-17)30-16-20-6-3-13-31-20/h1,3-6,8-11,13-14,22H,2,7,12,15-16H2,(H,25,27)/t22-/m0/s1. The minimum Gasteiger partial charge on any atom is -0.488 e. The maximum atomic E-state index is 13.2. The van der Waals surface area contributed by atoms with E-state index in [1.165, 1.54) is 16.4 Å². The molecular weight excluding hydrogens is 451 g/mol. The number of carbonyl (C=O) groups excluding carboxylic acids is 1. The van der Waals surface area contributed by atoms with Crippen LogP contribution < -0.4 is 10.1 Å². The highest BCUT2D eigenvalue weighted by atomic mass is 32.2. The van der Waals surface area contributed by atoms with E-state index in [2.05, 4.69) is 5.32 Å². The van der Waals surface area contributed by atoms with Crippen LogP contribution in [0.4, 0.5) is 4.39 Å². The molecule has 3 aromatic rings. The number of benzene rings is 2. The van der Waals surface area contributed by atoms with E-state index >= 15 is 0 Å². The SMILES string of the molecule is O=C(NCc1cccc(OCc2cccs2)c1)[C@@H]1CCCN1S(=O)(=O)c1ccc(F)cc1. The summed E-state index contributed by atoms with van der Waals surface area (Å²) in [7, 11) is -3.88. The molecule has 1 atom stereocenters. The van der Waals surface area contributed by atoms with E-state index in [4.69, 9.17) is 4.74 Å². The van der Waals surface area contributed by atoms with Gasteiger partial charge in [0.25, 0.3) is 0 Å². The summed E-state index contributed by atoms with van der Waals surface area (Å²) in [5.74, 6) is -0.161. The first-order chi connectivity index (χ1) is 15.4. The van der Waals surface area contributed by atoms with E-state index in [0.29, 0.717) is 25.2 Å². The molecule has 0 spiro atoms. The molecule has 1 fully saturated rings. The Bertz CT molecular complexity index is 1160. The zero-order chi connectivity index (χ0) is 22.6. The molecule has 2 aromatic carbocycles. The van der Waals surface area contributed by atoms with Crippen LogP contribution in [0.3, 0.4) is 0 Å². The van der Waals surface area contributed by atoms with Crippen molar-refractivity contribution in [2.45, 2.75) is 36.9 Å². The Hall–Kier alpha value is -2.75. The highest BCUT2D eigenvalue weighted by Crippen LogP contribution is 2.26. The van der Waals surface area contributed by atoms with Crippen LogP contribution in [0.15, 0.2) is 70.9 Å². The Kier molecular flexibility index (Phi) is 6.88. The average molecular weight is 475 g/mol. The molecule has 0 aliphatic carbocycles. The number of hydrogen-bond donors (Lipinski definition) is 1. The lowest BCUT2D eigenvalue weighted by molar-refractivity contribution is -0.124. The van der Waals surface area contributed by atoms with Crippen LogP contribution in [0.5, 0.6) is 5.75 Å². The van der Waals surface area contributed by atoms with E-state index in [1.807, 2.05) is 41.8 Å². The normalized spacial score (nSPS) is 16.7. The van der Waals surface area contributed by atoms with E-state index in [0.717, 1.165) is 22.6 Å². The van der Waals surface area contributed by atoms with E-state index < -0.39 is 21.9 Å². The fourth-order valence-electron chi connectivity index (χ4n) is 3.63. The lowest BCUT2D eigenvalue weighted by atomic mass is 10.2. The van der Waals surface area contributed by atoms with Crippen molar-refractivity contribution in [1.29, 1.82) is 0 Å². The van der Waals surface area contributed by atoms with Crippen LogP contribution in [0.1, 0.15) is 23.3 Å². The summed E-state index contributed by atoms with van der Waals surface area (Å²) in [5.41, 5.74) is 0.855. The van der Waals surface area contributed by atoms with Gasteiger partial charge < -0.3 is 10.1 Å². The second-order valence-electron chi connectivity index (χ2n) is 7.46. The van der Waals surface area contributed by atoms with Crippen LogP contribution in [0, 0.1) is 5.82 Å². The van der Waals surface area contributed by atoms with Crippen LogP contribution in [-0.4, -0.2) is 31.2 Å². The minimum absolute atomic E-state index is 0.0193. The van der Waals surface area contributed by atoms with Gasteiger partial charge in [0, 0.05) is 18.0 Å². The van der Waals surface area contributed by atoms with Crippen molar-refractivity contribution in [3.8, 4) is 5.75 Å². The van der Waals surface area contributed by atoms with Gasteiger partial charge in [-0.05, 0) is 66.2 Å². The molecule has 1 aliphatic rings. The minimum atomic E-state index is -3.88. The number of ether oxygens (including phenoxy) is 1. The van der Waals surface area contributed by atoms with Crippen molar-refractivity contribution in [3.05, 3.63) is 82.3 Å². The predicted octanol–water partition coefficient (Wildman–Crippen LogP) is 3.94. The van der Waals surface area contributed by atoms with Gasteiger partial charge in [0.15, 0.2) is 0 Å². The lowest BCUT2D eigenvalue weighted by Crippen LogP contribution is -2.45. The number of amides is 1. The fourth-order valence-corrected chi connectivity index (χ4v) is 5.91. The lowest BCUT2D eigenvalue weighted by Gasteiger charge is -2.23. The molecule has 0 unspecified atom stereocenters. The molecular formula is C23H23FN2O4S2. The number of hydrogen-bond acceptors (Lipinski definition) is 5. The number of nitrogens with one attached hydrogen (secondary N) is 1. The molecule has 6 nitrogen and oxygen atoms in total. The van der Waals surface area contributed by atoms with Crippen LogP contribution in [-0.2, 0) is 28.0 Å². The number of thiophene rings is 1. The van der Waals surface area contributed by atoms with Crippen molar-refractivity contribution < 1.29 is 22.3 Å². The zero-order valence-corrected chi connectivity index (χ0v) is 18.9. The molecule has 4 rings (SSSR count). The maximum Gasteiger partial charge on any atom is 0.243 e. The van der Waals surface area contributed by atoms with Gasteiger partial charge in [0.2, 0.25) is 15.9 Å². The smallest absolute Gasteiger partial charge is 0.243 e. The van der Waals surface area contributed by atoms with E-state index in [9.17, 15) is 17.6 Å². The van der Waals surface area contributed by atoms with Crippen LogP contribution in [0.25, 0.3) is 0 Å². The third-order valence-electron chi connectivity index (χ3n) is 5.25. The Balaban J connectivity index is 1.38. The first kappa shape index (κ1) is 22.4. The van der Waals surface area contributed by atoms with Crippen molar-refractivity contribution in [3.63, 3.8) is 0 Å². The monoisotopic (exact) mass is 474 g/mol. The summed E-state index contributed by atoms with van der Waals surface area (Å²) in [6, 6.07) is 15.3. The third-order valence-corrected chi connectivity index (χ3v) is 8.03. The first-order valence-electron chi connectivity index (χ1n) is 10.2. The largest absolute Gasteiger partial charge is 0.488 e. The molecule has 0 radical (unpaired) electrons. The molecule has 1 amide bonds. The second-order valence-corrected chi connectivity index (χ2v) is 10.4. The van der Waals surface area contributed by atoms with Gasteiger partial charge in [-0.3, -0.25) is 4.79 Å². The van der Waals surface area contributed by atoms with Crippen molar-refractivity contribution >= 4 is 27.3 Å². The fraction of sp³-hybridized carbons (Fsp3) is 0.261. The molecule has 1 aromatic heterocycles. The number of nitrogens with zero attached hydrogens (tertiary/aromatic N) is 1. The Morgan fingerprint density at radius 2 is 1.97 bits per heavy atom. The molecule has 0 bridgehead atoms. The second kappa shape index (κ2) is 9.81. The van der Waals surface area contributed by atoms with E-state index in [1.54, 1.807) is 11.3 Å². The summed E-state index contributed by atoms with van der Waals surface area (Å²) in [6.07, 6.45) is 1.03. The summed E-state index contributed by atoms with van der Waals surface area (Å²) in [4.78, 5) is 13.9. The first-order valence-corrected chi connectivity index (χ1v) is 12.5. The van der Waals surface area contributed by atoms with Gasteiger partial charge in [-0.15, -0.1) is 11.3 Å². The molecule has 2 heterocycles. The zero-order valence-electron chi connectivity index (χ0n) is 17.2. The van der Waals surface area contributed by atoms with Gasteiger partial charge in [0.1, 0.15) is 24.2 Å². The Morgan fingerprint density at radius 3 is 2.72 bits per heavy atom. The molecule has 168 valence electrons. The molecule has 1 N–H and O–H groups in total. The highest BCUT2D eigenvalue weighted by Gasteiger charge is 2.39. The molecule has 9 heteroatoms. The summed E-state index contributed by atoms with van der Waals surface area (Å²) in [6.45, 7) is 0.992.